The van der Waals surface area contributed by atoms with E-state index >= 15 is 0 Å². The quantitative estimate of drug-likeness (QED) is 0.454. The molecular formula is C23H20ClN3O2S. The standard InChI is InChI=1S/C23H20ClN3O2S/c24-21-13-11-18(12-14-21)15-25-30(28,29)22-17-27(16-19-7-3-1-4-8-19)26-23(22)20-9-5-2-6-10-20/h1-14,17,25H,15-16H2. The minimum absolute atomic E-state index is 0.151. The third-order valence-corrected chi connectivity index (χ3v) is 6.29. The molecule has 0 saturated heterocycles. The summed E-state index contributed by atoms with van der Waals surface area (Å²) in [4.78, 5) is 0.151. The maximum Gasteiger partial charge on any atom is 0.244 e. The average Bonchev–Trinajstić information content (AvgIpc) is 3.20. The molecule has 3 aromatic carbocycles. The van der Waals surface area contributed by atoms with Gasteiger partial charge < -0.3 is 0 Å². The fraction of sp³-hybridized carbons (Fsp3) is 0.0870. The van der Waals surface area contributed by atoms with Gasteiger partial charge in [-0.15, -0.1) is 0 Å². The fourth-order valence-electron chi connectivity index (χ4n) is 3.11. The molecular weight excluding hydrogens is 418 g/mol. The number of halogens is 1. The van der Waals surface area contributed by atoms with Crippen molar-refractivity contribution in [1.82, 2.24) is 14.5 Å². The van der Waals surface area contributed by atoms with Gasteiger partial charge in [-0.25, -0.2) is 13.1 Å². The van der Waals surface area contributed by atoms with E-state index in [1.807, 2.05) is 60.7 Å². The topological polar surface area (TPSA) is 64.0 Å². The Bertz CT molecular complexity index is 1220. The molecule has 5 nitrogen and oxygen atoms in total. The van der Waals surface area contributed by atoms with Crippen molar-refractivity contribution in [3.63, 3.8) is 0 Å². The molecule has 0 fully saturated rings. The number of aromatic nitrogens is 2. The number of rotatable bonds is 7. The van der Waals surface area contributed by atoms with E-state index in [1.165, 1.54) is 0 Å². The number of nitrogens with zero attached hydrogens (tertiary/aromatic N) is 2. The molecule has 1 N–H and O–H groups in total. The normalized spacial score (nSPS) is 11.5. The van der Waals surface area contributed by atoms with Crippen molar-refractivity contribution in [2.75, 3.05) is 0 Å². The summed E-state index contributed by atoms with van der Waals surface area (Å²) in [5.74, 6) is 0. The van der Waals surface area contributed by atoms with Crippen LogP contribution in [0.3, 0.4) is 0 Å². The first kappa shape index (κ1) is 20.3. The summed E-state index contributed by atoms with van der Waals surface area (Å²) in [6.45, 7) is 0.644. The van der Waals surface area contributed by atoms with Crippen LogP contribution in [0.5, 0.6) is 0 Å². The Morgan fingerprint density at radius 3 is 2.13 bits per heavy atom. The Morgan fingerprint density at radius 1 is 0.833 bits per heavy atom. The number of benzene rings is 3. The van der Waals surface area contributed by atoms with Crippen molar-refractivity contribution in [3.8, 4) is 11.3 Å². The van der Waals surface area contributed by atoms with E-state index in [1.54, 1.807) is 35.1 Å². The summed E-state index contributed by atoms with van der Waals surface area (Å²) in [7, 11) is -3.79. The van der Waals surface area contributed by atoms with Crippen LogP contribution in [0.1, 0.15) is 11.1 Å². The van der Waals surface area contributed by atoms with E-state index in [2.05, 4.69) is 9.82 Å². The highest BCUT2D eigenvalue weighted by molar-refractivity contribution is 7.89. The summed E-state index contributed by atoms with van der Waals surface area (Å²) in [6.07, 6.45) is 1.58. The van der Waals surface area contributed by atoms with Gasteiger partial charge in [0.05, 0.1) is 6.54 Å². The molecule has 0 saturated carbocycles. The van der Waals surface area contributed by atoms with Gasteiger partial charge in [0.1, 0.15) is 10.6 Å². The molecule has 4 rings (SSSR count). The predicted octanol–water partition coefficient (Wildman–Crippen LogP) is 4.73. The average molecular weight is 438 g/mol. The monoisotopic (exact) mass is 437 g/mol. The lowest BCUT2D eigenvalue weighted by atomic mass is 10.2. The van der Waals surface area contributed by atoms with E-state index < -0.39 is 10.0 Å². The first-order valence-corrected chi connectivity index (χ1v) is 11.3. The minimum atomic E-state index is -3.79. The minimum Gasteiger partial charge on any atom is -0.266 e. The molecule has 0 radical (unpaired) electrons. The molecule has 0 spiro atoms. The Labute approximate surface area is 181 Å². The zero-order valence-corrected chi connectivity index (χ0v) is 17.6. The molecule has 7 heteroatoms. The van der Waals surface area contributed by atoms with Crippen molar-refractivity contribution in [3.05, 3.63) is 107 Å². The molecule has 4 aromatic rings. The van der Waals surface area contributed by atoms with Gasteiger partial charge in [0.25, 0.3) is 0 Å². The third kappa shape index (κ3) is 4.79. The highest BCUT2D eigenvalue weighted by Gasteiger charge is 2.23. The molecule has 0 atom stereocenters. The second kappa shape index (κ2) is 8.83. The van der Waals surface area contributed by atoms with Crippen LogP contribution in [0.25, 0.3) is 11.3 Å². The lowest BCUT2D eigenvalue weighted by Crippen LogP contribution is -2.23. The molecule has 0 aliphatic heterocycles. The van der Waals surface area contributed by atoms with Gasteiger partial charge in [0, 0.05) is 23.3 Å². The van der Waals surface area contributed by atoms with Crippen molar-refractivity contribution in [1.29, 1.82) is 0 Å². The Balaban J connectivity index is 1.66. The van der Waals surface area contributed by atoms with Gasteiger partial charge >= 0.3 is 0 Å². The van der Waals surface area contributed by atoms with Crippen LogP contribution in [-0.2, 0) is 23.1 Å². The van der Waals surface area contributed by atoms with Crippen LogP contribution in [0.4, 0.5) is 0 Å². The van der Waals surface area contributed by atoms with Crippen LogP contribution in [0.15, 0.2) is 96.0 Å². The summed E-state index contributed by atoms with van der Waals surface area (Å²) < 4.78 is 30.6. The van der Waals surface area contributed by atoms with Crippen LogP contribution in [0, 0.1) is 0 Å². The maximum absolute atomic E-state index is 13.1. The number of sulfonamides is 1. The maximum atomic E-state index is 13.1. The highest BCUT2D eigenvalue weighted by atomic mass is 35.5. The summed E-state index contributed by atoms with van der Waals surface area (Å²) in [5, 5.41) is 5.20. The zero-order chi connectivity index (χ0) is 21.0. The van der Waals surface area contributed by atoms with Crippen molar-refractivity contribution >= 4 is 21.6 Å². The Morgan fingerprint density at radius 2 is 1.47 bits per heavy atom. The third-order valence-electron chi connectivity index (χ3n) is 4.63. The molecule has 1 aromatic heterocycles. The van der Waals surface area contributed by atoms with Crippen LogP contribution >= 0.6 is 11.6 Å². The lowest BCUT2D eigenvalue weighted by Gasteiger charge is -2.07. The van der Waals surface area contributed by atoms with E-state index in [-0.39, 0.29) is 11.4 Å². The molecule has 0 aliphatic carbocycles. The summed E-state index contributed by atoms with van der Waals surface area (Å²) >= 11 is 5.91. The van der Waals surface area contributed by atoms with Crippen LogP contribution in [0.2, 0.25) is 5.02 Å². The molecule has 0 unspecified atom stereocenters. The second-order valence-electron chi connectivity index (χ2n) is 6.84. The van der Waals surface area contributed by atoms with Gasteiger partial charge in [-0.1, -0.05) is 84.4 Å². The van der Waals surface area contributed by atoms with Crippen LogP contribution < -0.4 is 4.72 Å². The lowest BCUT2D eigenvalue weighted by molar-refractivity contribution is 0.581. The Kier molecular flexibility index (Phi) is 5.99. The van der Waals surface area contributed by atoms with Crippen molar-refractivity contribution in [2.24, 2.45) is 0 Å². The fourth-order valence-corrected chi connectivity index (χ4v) is 4.42. The number of hydrogen-bond acceptors (Lipinski definition) is 3. The Hall–Kier alpha value is -2.93. The van der Waals surface area contributed by atoms with E-state index in [0.717, 1.165) is 16.7 Å². The summed E-state index contributed by atoms with van der Waals surface area (Å²) in [6, 6.07) is 26.2. The van der Waals surface area contributed by atoms with E-state index in [0.29, 0.717) is 17.3 Å². The molecule has 0 aliphatic rings. The smallest absolute Gasteiger partial charge is 0.244 e. The SMILES string of the molecule is O=S(=O)(NCc1ccc(Cl)cc1)c1cn(Cc2ccccc2)nc1-c1ccccc1. The molecule has 0 bridgehead atoms. The van der Waals surface area contributed by atoms with Gasteiger partial charge in [0.2, 0.25) is 10.0 Å². The predicted molar refractivity (Wildman–Crippen MR) is 119 cm³/mol. The molecule has 30 heavy (non-hydrogen) atoms. The largest absolute Gasteiger partial charge is 0.266 e. The van der Waals surface area contributed by atoms with Gasteiger partial charge in [-0.05, 0) is 23.3 Å². The zero-order valence-electron chi connectivity index (χ0n) is 16.1. The second-order valence-corrected chi connectivity index (χ2v) is 9.01. The van der Waals surface area contributed by atoms with E-state index in [4.69, 9.17) is 11.6 Å². The van der Waals surface area contributed by atoms with Crippen LogP contribution in [-0.4, -0.2) is 18.2 Å². The molecule has 0 amide bonds. The first-order chi connectivity index (χ1) is 14.5. The van der Waals surface area contributed by atoms with Gasteiger partial charge in [-0.3, -0.25) is 4.68 Å². The van der Waals surface area contributed by atoms with Gasteiger partial charge in [-0.2, -0.15) is 5.10 Å². The molecule has 152 valence electrons. The summed E-state index contributed by atoms with van der Waals surface area (Å²) in [5.41, 5.74) is 3.03. The number of nitrogens with one attached hydrogen (secondary N) is 1. The number of hydrogen-bond donors (Lipinski definition) is 1. The highest BCUT2D eigenvalue weighted by Crippen LogP contribution is 2.26. The molecule has 1 heterocycles. The van der Waals surface area contributed by atoms with Gasteiger partial charge in [0.15, 0.2) is 0 Å². The van der Waals surface area contributed by atoms with Crippen molar-refractivity contribution < 1.29 is 8.42 Å². The van der Waals surface area contributed by atoms with Crippen molar-refractivity contribution in [2.45, 2.75) is 18.0 Å². The van der Waals surface area contributed by atoms with E-state index in [9.17, 15) is 8.42 Å². The first-order valence-electron chi connectivity index (χ1n) is 9.42.